The number of halogens is 3. The zero-order chi connectivity index (χ0) is 25.3. The lowest BCUT2D eigenvalue weighted by Crippen LogP contribution is -2.36. The maximum atomic E-state index is 13.1. The van der Waals surface area contributed by atoms with E-state index in [9.17, 15) is 21.6 Å². The summed E-state index contributed by atoms with van der Waals surface area (Å²) < 4.78 is 70.3. The number of anilines is 1. The van der Waals surface area contributed by atoms with Crippen LogP contribution in [-0.2, 0) is 26.5 Å². The molecule has 0 saturated carbocycles. The number of sulfone groups is 1. The molecule has 1 fully saturated rings. The van der Waals surface area contributed by atoms with Gasteiger partial charge in [0.15, 0.2) is 9.84 Å². The Hall–Kier alpha value is -3.50. The van der Waals surface area contributed by atoms with Crippen LogP contribution >= 0.6 is 0 Å². The Bertz CT molecular complexity index is 1520. The first kappa shape index (κ1) is 24.2. The first-order valence-electron chi connectivity index (χ1n) is 11.3. The van der Waals surface area contributed by atoms with Gasteiger partial charge < -0.3 is 9.64 Å². The van der Waals surface area contributed by atoms with Crippen molar-refractivity contribution in [3.05, 3.63) is 84.1 Å². The molecule has 5 rings (SSSR count). The predicted octanol–water partition coefficient (Wildman–Crippen LogP) is 5.13. The molecule has 36 heavy (non-hydrogen) atoms. The van der Waals surface area contributed by atoms with Crippen LogP contribution in [-0.4, -0.2) is 44.7 Å². The minimum absolute atomic E-state index is 0.362. The zero-order valence-electron chi connectivity index (χ0n) is 19.1. The number of fused-ring (bicyclic) bond motifs is 1. The third kappa shape index (κ3) is 5.19. The van der Waals surface area contributed by atoms with Crippen molar-refractivity contribution in [1.82, 2.24) is 9.97 Å². The van der Waals surface area contributed by atoms with Crippen LogP contribution in [0.15, 0.2) is 77.8 Å². The number of alkyl halides is 3. The normalized spacial score (nSPS) is 14.8. The molecule has 2 heterocycles. The average molecular weight is 514 g/mol. The molecule has 6 nitrogen and oxygen atoms in total. The lowest BCUT2D eigenvalue weighted by Gasteiger charge is -2.27. The number of benzene rings is 3. The Morgan fingerprint density at radius 1 is 0.889 bits per heavy atom. The van der Waals surface area contributed by atoms with Gasteiger partial charge in [-0.25, -0.2) is 13.4 Å². The first-order valence-corrected chi connectivity index (χ1v) is 12.9. The SMILES string of the molecule is O=S(=O)(Cc1cccc(-c2ccc3ncc(N4CCOCC4)nc3c2)c1)c1cccc(C(F)(F)F)c1. The van der Waals surface area contributed by atoms with Crippen LogP contribution in [0.3, 0.4) is 0 Å². The highest BCUT2D eigenvalue weighted by atomic mass is 32.2. The fourth-order valence-electron chi connectivity index (χ4n) is 4.14. The number of nitrogens with zero attached hydrogens (tertiary/aromatic N) is 3. The minimum Gasteiger partial charge on any atom is -0.378 e. The van der Waals surface area contributed by atoms with Crippen LogP contribution in [0.2, 0.25) is 0 Å². The summed E-state index contributed by atoms with van der Waals surface area (Å²) in [7, 11) is -3.99. The van der Waals surface area contributed by atoms with Crippen LogP contribution in [0.4, 0.5) is 19.0 Å². The molecule has 4 aromatic rings. The van der Waals surface area contributed by atoms with E-state index in [-0.39, 0.29) is 4.90 Å². The van der Waals surface area contributed by atoms with Crippen molar-refractivity contribution in [1.29, 1.82) is 0 Å². The van der Waals surface area contributed by atoms with Gasteiger partial charge in [-0.2, -0.15) is 13.2 Å². The number of rotatable bonds is 5. The van der Waals surface area contributed by atoms with Crippen LogP contribution in [0.5, 0.6) is 0 Å². The van der Waals surface area contributed by atoms with Crippen molar-refractivity contribution in [3.63, 3.8) is 0 Å². The average Bonchev–Trinajstić information content (AvgIpc) is 2.88. The molecule has 0 N–H and O–H groups in total. The summed E-state index contributed by atoms with van der Waals surface area (Å²) in [6.45, 7) is 2.75. The Labute approximate surface area is 206 Å². The molecule has 0 aliphatic carbocycles. The first-order chi connectivity index (χ1) is 17.2. The van der Waals surface area contributed by atoms with Crippen molar-refractivity contribution in [2.24, 2.45) is 0 Å². The van der Waals surface area contributed by atoms with Crippen molar-refractivity contribution in [2.75, 3.05) is 31.2 Å². The van der Waals surface area contributed by atoms with E-state index in [0.717, 1.165) is 47.7 Å². The monoisotopic (exact) mass is 513 g/mol. The third-order valence-corrected chi connectivity index (χ3v) is 7.69. The zero-order valence-corrected chi connectivity index (χ0v) is 19.9. The van der Waals surface area contributed by atoms with Gasteiger partial charge in [0, 0.05) is 13.1 Å². The van der Waals surface area contributed by atoms with Crippen LogP contribution < -0.4 is 4.90 Å². The molecular formula is C26H22F3N3O3S. The number of hydrogen-bond acceptors (Lipinski definition) is 6. The van der Waals surface area contributed by atoms with E-state index in [1.807, 2.05) is 24.3 Å². The van der Waals surface area contributed by atoms with Gasteiger partial charge in [0.25, 0.3) is 0 Å². The topological polar surface area (TPSA) is 72.4 Å². The molecule has 1 aliphatic heterocycles. The number of ether oxygens (including phenoxy) is 1. The molecule has 0 spiro atoms. The van der Waals surface area contributed by atoms with Gasteiger partial charge in [0.2, 0.25) is 0 Å². The predicted molar refractivity (Wildman–Crippen MR) is 130 cm³/mol. The molecule has 0 radical (unpaired) electrons. The molecule has 0 amide bonds. The molecular weight excluding hydrogens is 491 g/mol. The highest BCUT2D eigenvalue weighted by molar-refractivity contribution is 7.90. The summed E-state index contributed by atoms with van der Waals surface area (Å²) in [6, 6.07) is 16.4. The van der Waals surface area contributed by atoms with Gasteiger partial charge in [-0.1, -0.05) is 36.4 Å². The van der Waals surface area contributed by atoms with E-state index in [2.05, 4.69) is 9.88 Å². The van der Waals surface area contributed by atoms with E-state index >= 15 is 0 Å². The van der Waals surface area contributed by atoms with Crippen molar-refractivity contribution in [3.8, 4) is 11.1 Å². The fraction of sp³-hybridized carbons (Fsp3) is 0.231. The van der Waals surface area contributed by atoms with E-state index < -0.39 is 27.3 Å². The molecule has 1 aromatic heterocycles. The summed E-state index contributed by atoms with van der Waals surface area (Å²) >= 11 is 0. The molecule has 1 aliphatic rings. The van der Waals surface area contributed by atoms with Gasteiger partial charge in [-0.05, 0) is 47.0 Å². The molecule has 1 saturated heterocycles. The lowest BCUT2D eigenvalue weighted by molar-refractivity contribution is -0.137. The Balaban J connectivity index is 1.42. The van der Waals surface area contributed by atoms with Crippen molar-refractivity contribution >= 4 is 26.7 Å². The van der Waals surface area contributed by atoms with E-state index in [1.165, 1.54) is 6.07 Å². The summed E-state index contributed by atoms with van der Waals surface area (Å²) in [5.41, 5.74) is 2.52. The summed E-state index contributed by atoms with van der Waals surface area (Å²) in [4.78, 5) is 11.0. The quantitative estimate of drug-likeness (QED) is 0.369. The van der Waals surface area contributed by atoms with Crippen molar-refractivity contribution in [2.45, 2.75) is 16.8 Å². The maximum absolute atomic E-state index is 13.1. The summed E-state index contributed by atoms with van der Waals surface area (Å²) in [5.74, 6) is 0.348. The second-order valence-electron chi connectivity index (χ2n) is 8.52. The number of aromatic nitrogens is 2. The Kier molecular flexibility index (Phi) is 6.40. The van der Waals surface area contributed by atoms with Crippen LogP contribution in [0, 0.1) is 0 Å². The van der Waals surface area contributed by atoms with E-state index in [1.54, 1.807) is 24.4 Å². The van der Waals surface area contributed by atoms with Gasteiger partial charge in [0.05, 0.1) is 46.7 Å². The third-order valence-electron chi connectivity index (χ3n) is 6.00. The summed E-state index contributed by atoms with van der Waals surface area (Å²) in [5, 5.41) is 0. The molecule has 10 heteroatoms. The smallest absolute Gasteiger partial charge is 0.378 e. The second-order valence-corrected chi connectivity index (χ2v) is 10.5. The van der Waals surface area contributed by atoms with Crippen molar-refractivity contribution < 1.29 is 26.3 Å². The number of hydrogen-bond donors (Lipinski definition) is 0. The van der Waals surface area contributed by atoms with Gasteiger partial charge in [-0.15, -0.1) is 0 Å². The second kappa shape index (κ2) is 9.51. The largest absolute Gasteiger partial charge is 0.416 e. The Morgan fingerprint density at radius 2 is 1.64 bits per heavy atom. The minimum atomic E-state index is -4.62. The van der Waals surface area contributed by atoms with Gasteiger partial charge in [-0.3, -0.25) is 4.98 Å². The Morgan fingerprint density at radius 3 is 2.42 bits per heavy atom. The van der Waals surface area contributed by atoms with E-state index in [0.29, 0.717) is 30.4 Å². The highest BCUT2D eigenvalue weighted by Gasteiger charge is 2.31. The molecule has 0 bridgehead atoms. The van der Waals surface area contributed by atoms with Gasteiger partial charge >= 0.3 is 6.18 Å². The lowest BCUT2D eigenvalue weighted by atomic mass is 10.0. The fourth-order valence-corrected chi connectivity index (χ4v) is 5.51. The van der Waals surface area contributed by atoms with Gasteiger partial charge in [0.1, 0.15) is 5.82 Å². The number of morpholine rings is 1. The highest BCUT2D eigenvalue weighted by Crippen LogP contribution is 2.32. The van der Waals surface area contributed by atoms with Crippen LogP contribution in [0.1, 0.15) is 11.1 Å². The standard InChI is InChI=1S/C26H22F3N3O3S/c27-26(28,29)21-5-2-6-22(15-21)36(33,34)17-18-3-1-4-19(13-18)20-7-8-23-24(14-20)31-25(16-30-23)32-9-11-35-12-10-32/h1-8,13-16H,9-12,17H2. The van der Waals surface area contributed by atoms with Crippen LogP contribution in [0.25, 0.3) is 22.2 Å². The molecule has 3 aromatic carbocycles. The molecule has 0 unspecified atom stereocenters. The van der Waals surface area contributed by atoms with E-state index in [4.69, 9.17) is 9.72 Å². The molecule has 0 atom stereocenters. The summed E-state index contributed by atoms with van der Waals surface area (Å²) in [6.07, 6.45) is -2.88. The molecule has 186 valence electrons. The maximum Gasteiger partial charge on any atom is 0.416 e.